The molecule has 0 spiro atoms. The molecule has 3 rings (SSSR count). The molecule has 0 radical (unpaired) electrons. The molecule has 36 heavy (non-hydrogen) atoms. The van der Waals surface area contributed by atoms with E-state index < -0.39 is 35.5 Å². The molecule has 7 nitrogen and oxygen atoms in total. The number of hydrogen-bond acceptors (Lipinski definition) is 5. The molecule has 0 aliphatic rings. The first-order chi connectivity index (χ1) is 16.9. The van der Waals surface area contributed by atoms with E-state index in [1.165, 1.54) is 12.1 Å². The van der Waals surface area contributed by atoms with Crippen LogP contribution in [0.4, 0.5) is 18.0 Å². The van der Waals surface area contributed by atoms with Crippen LogP contribution in [0.15, 0.2) is 35.5 Å². The number of halogens is 3. The van der Waals surface area contributed by atoms with Gasteiger partial charge < -0.3 is 14.6 Å². The van der Waals surface area contributed by atoms with Gasteiger partial charge in [-0.2, -0.15) is 0 Å². The Morgan fingerprint density at radius 1 is 1.28 bits per heavy atom. The van der Waals surface area contributed by atoms with Crippen LogP contribution in [0.1, 0.15) is 62.8 Å². The summed E-state index contributed by atoms with van der Waals surface area (Å²) in [5, 5.41) is 3.16. The second kappa shape index (κ2) is 10.8. The summed E-state index contributed by atoms with van der Waals surface area (Å²) in [5.41, 5.74) is 0.216. The highest BCUT2D eigenvalue weighted by Crippen LogP contribution is 2.28. The van der Waals surface area contributed by atoms with Crippen LogP contribution in [-0.2, 0) is 11.8 Å². The van der Waals surface area contributed by atoms with Crippen LogP contribution in [0.5, 0.6) is 0 Å². The number of fused-ring (bicyclic) bond motifs is 1. The minimum atomic E-state index is -2.92. The van der Waals surface area contributed by atoms with Gasteiger partial charge in [-0.3, -0.25) is 4.99 Å². The van der Waals surface area contributed by atoms with E-state index in [1.54, 1.807) is 46.9 Å². The van der Waals surface area contributed by atoms with Crippen molar-refractivity contribution in [1.82, 2.24) is 19.9 Å². The number of aromatic nitrogens is 3. The Morgan fingerprint density at radius 2 is 1.97 bits per heavy atom. The van der Waals surface area contributed by atoms with Crippen LogP contribution < -0.4 is 10.8 Å². The van der Waals surface area contributed by atoms with E-state index in [2.05, 4.69) is 32.1 Å². The van der Waals surface area contributed by atoms with Crippen LogP contribution in [-0.4, -0.2) is 32.8 Å². The first-order valence-corrected chi connectivity index (χ1v) is 11.3. The summed E-state index contributed by atoms with van der Waals surface area (Å²) >= 11 is 0. The summed E-state index contributed by atoms with van der Waals surface area (Å²) in [4.78, 5) is 25.2. The van der Waals surface area contributed by atoms with Crippen LogP contribution in [0.2, 0.25) is 0 Å². The van der Waals surface area contributed by atoms with Gasteiger partial charge in [0.15, 0.2) is 5.49 Å². The molecule has 2 heterocycles. The first-order valence-electron chi connectivity index (χ1n) is 11.3. The molecule has 0 aliphatic carbocycles. The van der Waals surface area contributed by atoms with Gasteiger partial charge in [0, 0.05) is 18.0 Å². The molecule has 0 unspecified atom stereocenters. The van der Waals surface area contributed by atoms with Crippen LogP contribution >= 0.6 is 0 Å². The summed E-state index contributed by atoms with van der Waals surface area (Å²) in [6.45, 7) is 8.76. The van der Waals surface area contributed by atoms with E-state index in [-0.39, 0.29) is 12.1 Å². The number of pyridine rings is 1. The molecular weight excluding hydrogens is 471 g/mol. The van der Waals surface area contributed by atoms with Crippen molar-refractivity contribution in [2.45, 2.75) is 52.7 Å². The Morgan fingerprint density at radius 3 is 2.64 bits per heavy atom. The lowest BCUT2D eigenvalue weighted by atomic mass is 10.0. The fraction of sp³-hybridized carbons (Fsp3) is 0.385. The van der Waals surface area contributed by atoms with Gasteiger partial charge in [-0.25, -0.2) is 27.9 Å². The summed E-state index contributed by atoms with van der Waals surface area (Å²) in [6, 6.07) is 4.80. The van der Waals surface area contributed by atoms with Crippen molar-refractivity contribution in [3.63, 3.8) is 0 Å². The summed E-state index contributed by atoms with van der Waals surface area (Å²) in [5.74, 6) is 5.35. The molecule has 190 valence electrons. The predicted octanol–water partition coefficient (Wildman–Crippen LogP) is 4.89. The van der Waals surface area contributed by atoms with Gasteiger partial charge in [0.25, 0.3) is 6.43 Å². The number of carbonyl (C=O) groups is 1. The number of alkyl carbamates (subject to hydrolysis) is 1. The lowest BCUT2D eigenvalue weighted by Crippen LogP contribution is -2.32. The van der Waals surface area contributed by atoms with Gasteiger partial charge in [0.05, 0.1) is 29.9 Å². The van der Waals surface area contributed by atoms with Crippen molar-refractivity contribution >= 4 is 17.0 Å². The Bertz CT molecular complexity index is 1420. The highest BCUT2D eigenvalue weighted by atomic mass is 19.3. The molecule has 0 saturated carbocycles. The third kappa shape index (κ3) is 6.42. The normalized spacial score (nSPS) is 12.9. The van der Waals surface area contributed by atoms with E-state index in [9.17, 15) is 18.0 Å². The maximum atomic E-state index is 14.7. The number of aryl methyl sites for hydroxylation is 2. The van der Waals surface area contributed by atoms with Crippen LogP contribution in [0, 0.1) is 24.6 Å². The molecule has 0 fully saturated rings. The molecule has 1 aromatic carbocycles. The van der Waals surface area contributed by atoms with Gasteiger partial charge in [-0.15, -0.1) is 0 Å². The van der Waals surface area contributed by atoms with E-state index in [4.69, 9.17) is 4.74 Å². The second-order valence-corrected chi connectivity index (χ2v) is 9.14. The average molecular weight is 500 g/mol. The minimum absolute atomic E-state index is 0.0518. The smallest absolute Gasteiger partial charge is 0.408 e. The lowest BCUT2D eigenvalue weighted by Gasteiger charge is -2.18. The van der Waals surface area contributed by atoms with E-state index in [0.717, 1.165) is 6.07 Å². The molecule has 3 aromatic rings. The zero-order valence-electron chi connectivity index (χ0n) is 21.0. The van der Waals surface area contributed by atoms with Gasteiger partial charge in [0.1, 0.15) is 22.9 Å². The standard InChI is InChI=1S/C26H28F3N5O2/c1-15(18-10-7-11-19(22(18)27)23(28)29)32-24-20-13-17(31-14-21(20)34(6)16(2)33-24)9-8-12-30-25(35)36-26(3,4)5/h7,10-11,13-15,23H,12H2,1-6H3,(H,30,35)/b32-24-/t15-/m1/s1. The van der Waals surface area contributed by atoms with Crippen molar-refractivity contribution in [2.24, 2.45) is 12.0 Å². The van der Waals surface area contributed by atoms with Crippen molar-refractivity contribution < 1.29 is 22.7 Å². The van der Waals surface area contributed by atoms with Crippen molar-refractivity contribution in [2.75, 3.05) is 6.54 Å². The maximum absolute atomic E-state index is 14.7. The van der Waals surface area contributed by atoms with Gasteiger partial charge in [-0.1, -0.05) is 24.1 Å². The number of benzene rings is 1. The van der Waals surface area contributed by atoms with Crippen molar-refractivity contribution in [3.05, 3.63) is 64.4 Å². The van der Waals surface area contributed by atoms with Gasteiger partial charge in [0.2, 0.25) is 0 Å². The van der Waals surface area contributed by atoms with Gasteiger partial charge in [-0.05, 0) is 46.6 Å². The topological polar surface area (TPSA) is 81.4 Å². The monoisotopic (exact) mass is 499 g/mol. The molecule has 0 aliphatic heterocycles. The number of ether oxygens (including phenoxy) is 1. The maximum Gasteiger partial charge on any atom is 0.408 e. The molecular formula is C26H28F3N5O2. The Labute approximate surface area is 207 Å². The van der Waals surface area contributed by atoms with E-state index in [1.807, 2.05) is 11.6 Å². The zero-order valence-corrected chi connectivity index (χ0v) is 21.0. The SMILES string of the molecule is Cc1n/c(=N\[C@H](C)c2cccc(C(F)F)c2F)c2cc(C#CCNC(=O)OC(C)(C)C)ncc2n1C. The summed E-state index contributed by atoms with van der Waals surface area (Å²) in [6.07, 6.45) is -1.88. The van der Waals surface area contributed by atoms with Crippen LogP contribution in [0.25, 0.3) is 10.9 Å². The number of rotatable bonds is 4. The van der Waals surface area contributed by atoms with Gasteiger partial charge >= 0.3 is 6.09 Å². The lowest BCUT2D eigenvalue weighted by molar-refractivity contribution is 0.0535. The zero-order chi connectivity index (χ0) is 26.6. The number of nitrogens with one attached hydrogen (secondary N) is 1. The molecule has 1 N–H and O–H groups in total. The van der Waals surface area contributed by atoms with Crippen LogP contribution in [0.3, 0.4) is 0 Å². The second-order valence-electron chi connectivity index (χ2n) is 9.14. The first kappa shape index (κ1) is 26.7. The van der Waals surface area contributed by atoms with E-state index in [0.29, 0.717) is 27.9 Å². The number of hydrogen-bond donors (Lipinski definition) is 1. The number of amides is 1. The fourth-order valence-electron chi connectivity index (χ4n) is 3.40. The Kier molecular flexibility index (Phi) is 8.03. The molecule has 10 heteroatoms. The molecule has 2 aromatic heterocycles. The summed E-state index contributed by atoms with van der Waals surface area (Å²) < 4.78 is 48.0. The quantitative estimate of drug-likeness (QED) is 0.518. The highest BCUT2D eigenvalue weighted by Gasteiger charge is 2.19. The van der Waals surface area contributed by atoms with E-state index >= 15 is 0 Å². The number of nitrogens with zero attached hydrogens (tertiary/aromatic N) is 4. The van der Waals surface area contributed by atoms with Crippen molar-refractivity contribution in [3.8, 4) is 11.8 Å². The molecule has 1 atom stereocenters. The Balaban J connectivity index is 1.97. The third-order valence-corrected chi connectivity index (χ3v) is 5.23. The third-order valence-electron chi connectivity index (χ3n) is 5.23. The molecule has 1 amide bonds. The number of alkyl halides is 2. The fourth-order valence-corrected chi connectivity index (χ4v) is 3.40. The summed E-state index contributed by atoms with van der Waals surface area (Å²) in [7, 11) is 1.82. The largest absolute Gasteiger partial charge is 0.444 e. The highest BCUT2D eigenvalue weighted by molar-refractivity contribution is 5.78. The average Bonchev–Trinajstić information content (AvgIpc) is 2.78. The van der Waals surface area contributed by atoms with Crippen molar-refractivity contribution in [1.29, 1.82) is 0 Å². The molecule has 0 saturated heterocycles. The molecule has 0 bridgehead atoms. The minimum Gasteiger partial charge on any atom is -0.444 e. The Hall–Kier alpha value is -3.87. The number of carbonyl (C=O) groups excluding carboxylic acids is 1. The predicted molar refractivity (Wildman–Crippen MR) is 130 cm³/mol.